The van der Waals surface area contributed by atoms with Crippen molar-refractivity contribution in [3.05, 3.63) is 60.0 Å². The molecule has 2 N–H and O–H groups in total. The Bertz CT molecular complexity index is 898. The van der Waals surface area contributed by atoms with Gasteiger partial charge in [-0.3, -0.25) is 9.20 Å². The van der Waals surface area contributed by atoms with Crippen molar-refractivity contribution < 1.29 is 4.79 Å². The monoisotopic (exact) mass is 393 g/mol. The van der Waals surface area contributed by atoms with Gasteiger partial charge in [0.05, 0.1) is 5.56 Å². The van der Waals surface area contributed by atoms with E-state index in [0.29, 0.717) is 17.8 Å². The number of halogens is 2. The van der Waals surface area contributed by atoms with Crippen molar-refractivity contribution in [1.29, 1.82) is 0 Å². The Hall–Kier alpha value is -2.31. The van der Waals surface area contributed by atoms with Crippen LogP contribution < -0.4 is 5.73 Å². The summed E-state index contributed by atoms with van der Waals surface area (Å²) in [7, 11) is 0. The number of likely N-dealkylation sites (tertiary alicyclic amines) is 1. The summed E-state index contributed by atoms with van der Waals surface area (Å²) in [5, 5.41) is 8.58. The van der Waals surface area contributed by atoms with Gasteiger partial charge >= 0.3 is 0 Å². The van der Waals surface area contributed by atoms with Crippen molar-refractivity contribution in [3.8, 4) is 0 Å². The highest BCUT2D eigenvalue weighted by atomic mass is 35.5. The number of nitrogens with two attached hydrogens (primary N) is 1. The van der Waals surface area contributed by atoms with Gasteiger partial charge in [0.25, 0.3) is 5.91 Å². The third kappa shape index (κ3) is 3.61. The Kier molecular flexibility index (Phi) is 6.45. The lowest BCUT2D eigenvalue weighted by atomic mass is 9.96. The number of nitrogens with zero attached hydrogens (tertiary/aromatic N) is 4. The zero-order valence-corrected chi connectivity index (χ0v) is 15.7. The number of benzene rings is 1. The molecule has 1 atom stereocenters. The number of aromatic nitrogens is 3. The van der Waals surface area contributed by atoms with Crippen LogP contribution in [0.5, 0.6) is 0 Å². The third-order valence-corrected chi connectivity index (χ3v) is 4.61. The van der Waals surface area contributed by atoms with E-state index >= 15 is 0 Å². The molecule has 6 nitrogen and oxygen atoms in total. The summed E-state index contributed by atoms with van der Waals surface area (Å²) >= 11 is 0. The first-order chi connectivity index (χ1) is 11.7. The van der Waals surface area contributed by atoms with E-state index in [1.807, 2.05) is 45.8 Å². The molecule has 0 bridgehead atoms. The highest BCUT2D eigenvalue weighted by molar-refractivity contribution is 5.99. The third-order valence-electron chi connectivity index (χ3n) is 4.61. The van der Waals surface area contributed by atoms with E-state index in [4.69, 9.17) is 5.73 Å². The molecule has 0 aliphatic carbocycles. The molecule has 1 saturated heterocycles. The predicted molar refractivity (Wildman–Crippen MR) is 106 cm³/mol. The molecule has 1 amide bonds. The number of rotatable bonds is 2. The molecule has 3 heterocycles. The average Bonchev–Trinajstić information content (AvgIpc) is 3.06. The number of carbonyl (C=O) groups is 1. The number of fused-ring (bicyclic) bond motifs is 1. The second kappa shape index (κ2) is 8.38. The molecule has 1 aliphatic heterocycles. The van der Waals surface area contributed by atoms with Crippen LogP contribution in [0.4, 0.5) is 5.69 Å². The number of nitrogen functional groups attached to an aromatic ring is 1. The molecule has 138 valence electrons. The number of hydrogen-bond acceptors (Lipinski definition) is 4. The summed E-state index contributed by atoms with van der Waals surface area (Å²) in [5.41, 5.74) is 7.89. The van der Waals surface area contributed by atoms with Crippen LogP contribution in [0, 0.1) is 0 Å². The summed E-state index contributed by atoms with van der Waals surface area (Å²) in [6.45, 7) is 1.39. The maximum atomic E-state index is 12.8. The first-order valence-corrected chi connectivity index (χ1v) is 8.17. The van der Waals surface area contributed by atoms with Gasteiger partial charge in [-0.25, -0.2) is 0 Å². The van der Waals surface area contributed by atoms with Gasteiger partial charge < -0.3 is 10.6 Å². The molecular formula is C18H21Cl2N5O. The van der Waals surface area contributed by atoms with Gasteiger partial charge in [0.2, 0.25) is 0 Å². The minimum absolute atomic E-state index is 0. The number of pyridine rings is 1. The van der Waals surface area contributed by atoms with Crippen molar-refractivity contribution in [2.75, 3.05) is 18.8 Å². The van der Waals surface area contributed by atoms with E-state index in [1.165, 1.54) is 0 Å². The van der Waals surface area contributed by atoms with E-state index < -0.39 is 0 Å². The number of amides is 1. The van der Waals surface area contributed by atoms with Crippen molar-refractivity contribution in [2.24, 2.45) is 0 Å². The van der Waals surface area contributed by atoms with Crippen LogP contribution in [-0.2, 0) is 0 Å². The number of hydrogen-bond donors (Lipinski definition) is 1. The second-order valence-electron chi connectivity index (χ2n) is 6.16. The lowest BCUT2D eigenvalue weighted by molar-refractivity contribution is 0.0705. The summed E-state index contributed by atoms with van der Waals surface area (Å²) in [6.07, 6.45) is 3.93. The Morgan fingerprint density at radius 3 is 2.65 bits per heavy atom. The molecule has 26 heavy (non-hydrogen) atoms. The van der Waals surface area contributed by atoms with Crippen LogP contribution in [0.15, 0.2) is 48.7 Å². The van der Waals surface area contributed by atoms with Gasteiger partial charge in [0, 0.05) is 30.9 Å². The molecule has 4 rings (SSSR count). The zero-order valence-electron chi connectivity index (χ0n) is 14.1. The first kappa shape index (κ1) is 20.0. The Labute approximate surface area is 164 Å². The fraction of sp³-hybridized carbons (Fsp3) is 0.278. The second-order valence-corrected chi connectivity index (χ2v) is 6.16. The molecule has 0 saturated carbocycles. The van der Waals surface area contributed by atoms with Gasteiger partial charge in [0.1, 0.15) is 5.82 Å². The van der Waals surface area contributed by atoms with Crippen LogP contribution >= 0.6 is 24.8 Å². The minimum Gasteiger partial charge on any atom is -0.398 e. The fourth-order valence-electron chi connectivity index (χ4n) is 3.37. The normalized spacial score (nSPS) is 16.6. The summed E-state index contributed by atoms with van der Waals surface area (Å²) < 4.78 is 2.01. The van der Waals surface area contributed by atoms with E-state index in [-0.39, 0.29) is 36.6 Å². The fourth-order valence-corrected chi connectivity index (χ4v) is 3.37. The van der Waals surface area contributed by atoms with E-state index in [9.17, 15) is 4.79 Å². The highest BCUT2D eigenvalue weighted by Crippen LogP contribution is 2.27. The van der Waals surface area contributed by atoms with Crippen molar-refractivity contribution in [1.82, 2.24) is 19.5 Å². The average molecular weight is 394 g/mol. The standard InChI is InChI=1S/C18H19N5O.2ClH/c19-15-8-2-1-7-14(15)18(24)22-10-5-6-13(12-22)17-21-20-16-9-3-4-11-23(16)17;;/h1-4,7-9,11,13H,5-6,10,12,19H2;2*1H. The van der Waals surface area contributed by atoms with Crippen LogP contribution in [0.25, 0.3) is 5.65 Å². The van der Waals surface area contributed by atoms with Gasteiger partial charge in [-0.1, -0.05) is 18.2 Å². The van der Waals surface area contributed by atoms with Crippen LogP contribution in [0.2, 0.25) is 0 Å². The Morgan fingerprint density at radius 1 is 1.08 bits per heavy atom. The van der Waals surface area contributed by atoms with Gasteiger partial charge in [0.15, 0.2) is 5.65 Å². The molecule has 1 aromatic carbocycles. The van der Waals surface area contributed by atoms with E-state index in [1.54, 1.807) is 12.1 Å². The lowest BCUT2D eigenvalue weighted by Crippen LogP contribution is -2.39. The van der Waals surface area contributed by atoms with Crippen molar-refractivity contribution in [2.45, 2.75) is 18.8 Å². The summed E-state index contributed by atoms with van der Waals surface area (Å²) in [4.78, 5) is 14.7. The van der Waals surface area contributed by atoms with Crippen LogP contribution in [0.3, 0.4) is 0 Å². The number of anilines is 1. The van der Waals surface area contributed by atoms with Gasteiger partial charge in [-0.2, -0.15) is 0 Å². The topological polar surface area (TPSA) is 76.5 Å². The van der Waals surface area contributed by atoms with Crippen molar-refractivity contribution in [3.63, 3.8) is 0 Å². The molecule has 3 aromatic rings. The molecule has 0 radical (unpaired) electrons. The minimum atomic E-state index is -0.00776. The lowest BCUT2D eigenvalue weighted by Gasteiger charge is -2.32. The van der Waals surface area contributed by atoms with Crippen LogP contribution in [-0.4, -0.2) is 38.5 Å². The van der Waals surface area contributed by atoms with Crippen molar-refractivity contribution >= 4 is 42.1 Å². The first-order valence-electron chi connectivity index (χ1n) is 8.17. The van der Waals surface area contributed by atoms with Crippen LogP contribution in [0.1, 0.15) is 34.9 Å². The maximum Gasteiger partial charge on any atom is 0.255 e. The Balaban J connectivity index is 0.00000121. The highest BCUT2D eigenvalue weighted by Gasteiger charge is 2.28. The molecule has 2 aromatic heterocycles. The summed E-state index contributed by atoms with van der Waals surface area (Å²) in [6, 6.07) is 13.1. The molecule has 1 unspecified atom stereocenters. The zero-order chi connectivity index (χ0) is 16.5. The predicted octanol–water partition coefficient (Wildman–Crippen LogP) is 3.17. The maximum absolute atomic E-state index is 12.8. The molecule has 1 fully saturated rings. The quantitative estimate of drug-likeness (QED) is 0.678. The molecular weight excluding hydrogens is 373 g/mol. The van der Waals surface area contributed by atoms with E-state index in [2.05, 4.69) is 10.2 Å². The van der Waals surface area contributed by atoms with E-state index in [0.717, 1.165) is 30.9 Å². The van der Waals surface area contributed by atoms with Gasteiger partial charge in [-0.15, -0.1) is 35.0 Å². The molecule has 1 aliphatic rings. The number of carbonyl (C=O) groups excluding carboxylic acids is 1. The summed E-state index contributed by atoms with van der Waals surface area (Å²) in [5.74, 6) is 1.10. The Morgan fingerprint density at radius 2 is 1.85 bits per heavy atom. The smallest absolute Gasteiger partial charge is 0.255 e. The SMILES string of the molecule is Cl.Cl.Nc1ccccc1C(=O)N1CCCC(c2nnc3ccccn23)C1. The van der Waals surface area contributed by atoms with Gasteiger partial charge in [-0.05, 0) is 37.1 Å². The number of piperidine rings is 1. The molecule has 0 spiro atoms. The molecule has 8 heteroatoms. The largest absolute Gasteiger partial charge is 0.398 e. The number of para-hydroxylation sites is 1.